The molecule has 1 aliphatic rings. The molecule has 1 aromatic carbocycles. The van der Waals surface area contributed by atoms with E-state index in [1.165, 1.54) is 22.6 Å². The lowest BCUT2D eigenvalue weighted by molar-refractivity contribution is -0.910. The van der Waals surface area contributed by atoms with Crippen LogP contribution in [-0.4, -0.2) is 19.0 Å². The Hall–Kier alpha value is -1.65. The first-order chi connectivity index (χ1) is 9.83. The summed E-state index contributed by atoms with van der Waals surface area (Å²) in [5.74, 6) is 0.106. The van der Waals surface area contributed by atoms with E-state index in [9.17, 15) is 4.79 Å². The van der Waals surface area contributed by atoms with Gasteiger partial charge >= 0.3 is 0 Å². The highest BCUT2D eigenvalue weighted by Crippen LogP contribution is 2.23. The summed E-state index contributed by atoms with van der Waals surface area (Å²) in [5.41, 5.74) is 0.878. The molecule has 20 heavy (non-hydrogen) atoms. The molecule has 3 nitrogen and oxygen atoms in total. The molecule has 2 atom stereocenters. The van der Waals surface area contributed by atoms with Crippen molar-refractivity contribution in [1.29, 1.82) is 0 Å². The van der Waals surface area contributed by atoms with Crippen LogP contribution in [0.25, 0.3) is 0 Å². The number of anilines is 1. The van der Waals surface area contributed by atoms with Gasteiger partial charge in [-0.25, -0.2) is 0 Å². The number of quaternary nitrogens is 1. The van der Waals surface area contributed by atoms with Crippen molar-refractivity contribution < 1.29 is 9.69 Å². The van der Waals surface area contributed by atoms with E-state index in [1.54, 1.807) is 11.3 Å². The van der Waals surface area contributed by atoms with Crippen LogP contribution >= 0.6 is 11.3 Å². The number of amides is 1. The van der Waals surface area contributed by atoms with Crippen LogP contribution in [0.1, 0.15) is 23.8 Å². The van der Waals surface area contributed by atoms with Crippen molar-refractivity contribution in [3.05, 3.63) is 52.7 Å². The van der Waals surface area contributed by atoms with E-state index in [-0.39, 0.29) is 5.91 Å². The third-order valence-electron chi connectivity index (χ3n) is 3.82. The number of thiophene rings is 1. The Morgan fingerprint density at radius 2 is 2.10 bits per heavy atom. The topological polar surface area (TPSA) is 33.5 Å². The van der Waals surface area contributed by atoms with Crippen LogP contribution in [0.3, 0.4) is 0 Å². The van der Waals surface area contributed by atoms with Gasteiger partial charge in [0.15, 0.2) is 6.54 Å². The summed E-state index contributed by atoms with van der Waals surface area (Å²) in [6.07, 6.45) is 2.39. The molecule has 1 aliphatic heterocycles. The average Bonchev–Trinajstić information content (AvgIpc) is 3.10. The van der Waals surface area contributed by atoms with Crippen molar-refractivity contribution in [2.45, 2.75) is 18.9 Å². The first-order valence-corrected chi connectivity index (χ1v) is 7.94. The van der Waals surface area contributed by atoms with Crippen LogP contribution in [0.15, 0.2) is 47.8 Å². The van der Waals surface area contributed by atoms with Crippen molar-refractivity contribution in [1.82, 2.24) is 0 Å². The molecule has 4 heteroatoms. The molecule has 0 bridgehead atoms. The smallest absolute Gasteiger partial charge is 0.279 e. The molecule has 1 unspecified atom stereocenters. The minimum absolute atomic E-state index is 0.106. The maximum Gasteiger partial charge on any atom is 0.279 e. The predicted molar refractivity (Wildman–Crippen MR) is 82.1 cm³/mol. The molecule has 1 amide bonds. The van der Waals surface area contributed by atoms with Crippen molar-refractivity contribution in [2.24, 2.45) is 0 Å². The minimum atomic E-state index is 0.106. The molecule has 3 rings (SSSR count). The minimum Gasteiger partial charge on any atom is -0.321 e. The Morgan fingerprint density at radius 3 is 2.85 bits per heavy atom. The predicted octanol–water partition coefficient (Wildman–Crippen LogP) is 2.11. The van der Waals surface area contributed by atoms with E-state index in [4.69, 9.17) is 0 Å². The molecule has 1 saturated heterocycles. The van der Waals surface area contributed by atoms with E-state index in [0.29, 0.717) is 12.6 Å². The number of hydrogen-bond donors (Lipinski definition) is 2. The van der Waals surface area contributed by atoms with Crippen LogP contribution in [0.4, 0.5) is 5.69 Å². The third kappa shape index (κ3) is 3.08. The van der Waals surface area contributed by atoms with Gasteiger partial charge in [-0.2, -0.15) is 0 Å². The molecule has 0 saturated carbocycles. The van der Waals surface area contributed by atoms with E-state index in [2.05, 4.69) is 22.8 Å². The fraction of sp³-hybridized carbons (Fsp3) is 0.312. The molecular weight excluding hydrogens is 268 g/mol. The second-order valence-electron chi connectivity index (χ2n) is 5.21. The summed E-state index contributed by atoms with van der Waals surface area (Å²) in [5, 5.41) is 5.10. The van der Waals surface area contributed by atoms with Crippen LogP contribution in [0.2, 0.25) is 0 Å². The standard InChI is InChI=1S/C16H18N2OS/c19-16(17-13-6-2-1-3-7-13)12-18-10-4-8-14(18)15-9-5-11-20-15/h1-3,5-7,9,11,14H,4,8,10,12H2,(H,17,19)/p+1/t14-/m1/s1. The number of nitrogens with one attached hydrogen (secondary N) is 2. The fourth-order valence-electron chi connectivity index (χ4n) is 2.89. The SMILES string of the molecule is O=C(C[NH+]1CCC[C@@H]1c1cccs1)Nc1ccccc1. The molecule has 0 aliphatic carbocycles. The Labute approximate surface area is 123 Å². The normalized spacial score (nSPS) is 21.8. The van der Waals surface area contributed by atoms with E-state index < -0.39 is 0 Å². The second-order valence-corrected chi connectivity index (χ2v) is 6.19. The summed E-state index contributed by atoms with van der Waals surface area (Å²) >= 11 is 1.80. The first-order valence-electron chi connectivity index (χ1n) is 7.06. The lowest BCUT2D eigenvalue weighted by atomic mass is 10.2. The number of rotatable bonds is 4. The quantitative estimate of drug-likeness (QED) is 0.887. The van der Waals surface area contributed by atoms with Gasteiger partial charge in [-0.05, 0) is 23.6 Å². The summed E-state index contributed by atoms with van der Waals surface area (Å²) < 4.78 is 0. The van der Waals surface area contributed by atoms with Gasteiger partial charge in [0.2, 0.25) is 0 Å². The maximum atomic E-state index is 12.2. The zero-order valence-corrected chi connectivity index (χ0v) is 12.2. The maximum absolute atomic E-state index is 12.2. The first kappa shape index (κ1) is 13.3. The van der Waals surface area contributed by atoms with Crippen molar-refractivity contribution in [2.75, 3.05) is 18.4 Å². The molecular formula is C16H19N2OS+. The summed E-state index contributed by atoms with van der Waals surface area (Å²) in [4.78, 5) is 15.0. The molecule has 0 radical (unpaired) electrons. The Bertz CT molecular complexity index is 553. The van der Waals surface area contributed by atoms with Crippen LogP contribution in [-0.2, 0) is 4.79 Å². The van der Waals surface area contributed by atoms with Crippen LogP contribution in [0.5, 0.6) is 0 Å². The van der Waals surface area contributed by atoms with E-state index in [1.807, 2.05) is 30.3 Å². The zero-order valence-electron chi connectivity index (χ0n) is 11.3. The molecule has 1 fully saturated rings. The number of carbonyl (C=O) groups excluding carboxylic acids is 1. The van der Waals surface area contributed by atoms with Crippen molar-refractivity contribution in [3.63, 3.8) is 0 Å². The fourth-order valence-corrected chi connectivity index (χ4v) is 3.81. The Balaban J connectivity index is 1.61. The summed E-state index contributed by atoms with van der Waals surface area (Å²) in [7, 11) is 0. The van der Waals surface area contributed by atoms with Gasteiger partial charge in [0.1, 0.15) is 6.04 Å². The lowest BCUT2D eigenvalue weighted by Gasteiger charge is -2.20. The summed E-state index contributed by atoms with van der Waals surface area (Å²) in [6, 6.07) is 14.5. The monoisotopic (exact) mass is 287 g/mol. The number of hydrogen-bond acceptors (Lipinski definition) is 2. The second kappa shape index (κ2) is 6.20. The van der Waals surface area contributed by atoms with Gasteiger partial charge in [0.25, 0.3) is 5.91 Å². The van der Waals surface area contributed by atoms with Crippen molar-refractivity contribution in [3.8, 4) is 0 Å². The number of carbonyl (C=O) groups is 1. The van der Waals surface area contributed by atoms with E-state index in [0.717, 1.165) is 12.2 Å². The van der Waals surface area contributed by atoms with Gasteiger partial charge in [-0.1, -0.05) is 24.3 Å². The van der Waals surface area contributed by atoms with Crippen molar-refractivity contribution >= 4 is 22.9 Å². The van der Waals surface area contributed by atoms with Crippen LogP contribution in [0, 0.1) is 0 Å². The van der Waals surface area contributed by atoms with Gasteiger partial charge in [-0.3, -0.25) is 4.79 Å². The number of likely N-dealkylation sites (tertiary alicyclic amines) is 1. The zero-order chi connectivity index (χ0) is 13.8. The molecule has 2 aromatic rings. The molecule has 0 spiro atoms. The number of benzene rings is 1. The van der Waals surface area contributed by atoms with Gasteiger partial charge in [0.05, 0.1) is 11.4 Å². The largest absolute Gasteiger partial charge is 0.321 e. The highest BCUT2D eigenvalue weighted by molar-refractivity contribution is 7.10. The molecule has 1 aromatic heterocycles. The highest BCUT2D eigenvalue weighted by atomic mass is 32.1. The van der Waals surface area contributed by atoms with Gasteiger partial charge < -0.3 is 10.2 Å². The third-order valence-corrected chi connectivity index (χ3v) is 4.80. The van der Waals surface area contributed by atoms with E-state index >= 15 is 0 Å². The Kier molecular flexibility index (Phi) is 4.14. The summed E-state index contributed by atoms with van der Waals surface area (Å²) in [6.45, 7) is 1.64. The molecule has 104 valence electrons. The number of para-hydroxylation sites is 1. The molecule has 2 heterocycles. The van der Waals surface area contributed by atoms with Gasteiger partial charge in [0, 0.05) is 18.5 Å². The highest BCUT2D eigenvalue weighted by Gasteiger charge is 2.32. The average molecular weight is 287 g/mol. The Morgan fingerprint density at radius 1 is 1.25 bits per heavy atom. The van der Waals surface area contributed by atoms with Gasteiger partial charge in [-0.15, -0.1) is 11.3 Å². The molecule has 2 N–H and O–H groups in total. The van der Waals surface area contributed by atoms with Crippen LogP contribution < -0.4 is 10.2 Å². The lowest BCUT2D eigenvalue weighted by Crippen LogP contribution is -3.11.